The molecular formula is C19H24Cl2N2O2. The third-order valence-electron chi connectivity index (χ3n) is 5.27. The summed E-state index contributed by atoms with van der Waals surface area (Å²) < 4.78 is 0. The highest BCUT2D eigenvalue weighted by molar-refractivity contribution is 6.35. The lowest BCUT2D eigenvalue weighted by molar-refractivity contribution is -0.137. The Bertz CT molecular complexity index is 636. The molecule has 4 nitrogen and oxygen atoms in total. The summed E-state index contributed by atoms with van der Waals surface area (Å²) in [5.41, 5.74) is 0.398. The van der Waals surface area contributed by atoms with Gasteiger partial charge in [-0.25, -0.2) is 0 Å². The number of nitrogens with zero attached hydrogens (tertiary/aromatic N) is 1. The summed E-state index contributed by atoms with van der Waals surface area (Å²) in [5.74, 6) is 0.317. The molecular weight excluding hydrogens is 359 g/mol. The molecule has 0 bridgehead atoms. The highest BCUT2D eigenvalue weighted by Crippen LogP contribution is 2.27. The maximum Gasteiger partial charge on any atom is 0.253 e. The molecule has 3 rings (SSSR count). The lowest BCUT2D eigenvalue weighted by Gasteiger charge is -2.35. The molecule has 0 spiro atoms. The van der Waals surface area contributed by atoms with Gasteiger partial charge in [0.25, 0.3) is 5.91 Å². The fraction of sp³-hybridized carbons (Fsp3) is 0.579. The second kappa shape index (κ2) is 8.41. The van der Waals surface area contributed by atoms with Crippen molar-refractivity contribution in [2.75, 3.05) is 13.1 Å². The number of carbonyl (C=O) groups is 2. The number of carbonyl (C=O) groups excluding carboxylic acids is 2. The van der Waals surface area contributed by atoms with E-state index in [0.717, 1.165) is 25.7 Å². The summed E-state index contributed by atoms with van der Waals surface area (Å²) in [5, 5.41) is 3.91. The minimum absolute atomic E-state index is 0.0676. The molecule has 1 aliphatic carbocycles. The second-order valence-corrected chi connectivity index (χ2v) is 7.88. The Morgan fingerprint density at radius 3 is 2.36 bits per heavy atom. The van der Waals surface area contributed by atoms with Crippen molar-refractivity contribution in [1.82, 2.24) is 10.2 Å². The predicted octanol–water partition coefficient (Wildman–Crippen LogP) is 4.29. The first-order chi connectivity index (χ1) is 12.0. The average molecular weight is 383 g/mol. The SMILES string of the molecule is O=C(NC1CCN(C(=O)C2CCCCC2)CC1)c1cc(Cl)ccc1Cl. The Hall–Kier alpha value is -1.26. The number of hydrogen-bond donors (Lipinski definition) is 1. The van der Waals surface area contributed by atoms with Crippen molar-refractivity contribution in [2.24, 2.45) is 5.92 Å². The van der Waals surface area contributed by atoms with Gasteiger partial charge in [0, 0.05) is 30.1 Å². The van der Waals surface area contributed by atoms with Crippen LogP contribution in [0.25, 0.3) is 0 Å². The second-order valence-electron chi connectivity index (χ2n) is 7.03. The van der Waals surface area contributed by atoms with Crippen molar-refractivity contribution >= 4 is 35.0 Å². The number of halogens is 2. The van der Waals surface area contributed by atoms with Gasteiger partial charge in [-0.3, -0.25) is 9.59 Å². The molecule has 6 heteroatoms. The molecule has 1 aliphatic heterocycles. The van der Waals surface area contributed by atoms with Crippen LogP contribution in [0.5, 0.6) is 0 Å². The van der Waals surface area contributed by atoms with E-state index < -0.39 is 0 Å². The Balaban J connectivity index is 1.51. The van der Waals surface area contributed by atoms with Crippen LogP contribution < -0.4 is 5.32 Å². The highest BCUT2D eigenvalue weighted by atomic mass is 35.5. The molecule has 136 valence electrons. The van der Waals surface area contributed by atoms with Crippen LogP contribution in [0.3, 0.4) is 0 Å². The lowest BCUT2D eigenvalue weighted by atomic mass is 9.87. The number of likely N-dealkylation sites (tertiary alicyclic amines) is 1. The van der Waals surface area contributed by atoms with Crippen LogP contribution in [-0.4, -0.2) is 35.8 Å². The van der Waals surface area contributed by atoms with E-state index in [2.05, 4.69) is 5.32 Å². The van der Waals surface area contributed by atoms with Crippen molar-refractivity contribution in [2.45, 2.75) is 51.0 Å². The maximum atomic E-state index is 12.6. The van der Waals surface area contributed by atoms with Gasteiger partial charge in [-0.2, -0.15) is 0 Å². The molecule has 0 radical (unpaired) electrons. The van der Waals surface area contributed by atoms with Crippen molar-refractivity contribution in [3.05, 3.63) is 33.8 Å². The molecule has 1 aromatic carbocycles. The number of nitrogens with one attached hydrogen (secondary N) is 1. The van der Waals surface area contributed by atoms with Gasteiger partial charge < -0.3 is 10.2 Å². The molecule has 1 saturated carbocycles. The van der Waals surface area contributed by atoms with E-state index in [-0.39, 0.29) is 17.9 Å². The molecule has 0 atom stereocenters. The molecule has 2 fully saturated rings. The summed E-state index contributed by atoms with van der Waals surface area (Å²) >= 11 is 12.0. The van der Waals surface area contributed by atoms with Crippen molar-refractivity contribution in [1.29, 1.82) is 0 Å². The van der Waals surface area contributed by atoms with Crippen LogP contribution in [0, 0.1) is 5.92 Å². The van der Waals surface area contributed by atoms with E-state index in [1.54, 1.807) is 18.2 Å². The standard InChI is InChI=1S/C19H24Cl2N2O2/c20-14-6-7-17(21)16(12-14)18(24)22-15-8-10-23(11-9-15)19(25)13-4-2-1-3-5-13/h6-7,12-13,15H,1-5,8-11H2,(H,22,24). The fourth-order valence-corrected chi connectivity index (χ4v) is 4.16. The van der Waals surface area contributed by atoms with Crippen LogP contribution in [0.15, 0.2) is 18.2 Å². The number of amides is 2. The molecule has 0 aromatic heterocycles. The van der Waals surface area contributed by atoms with Gasteiger partial charge in [-0.05, 0) is 43.9 Å². The van der Waals surface area contributed by atoms with Crippen LogP contribution in [0.2, 0.25) is 10.0 Å². The van der Waals surface area contributed by atoms with E-state index in [1.807, 2.05) is 4.90 Å². The summed E-state index contributed by atoms with van der Waals surface area (Å²) in [6.45, 7) is 1.42. The van der Waals surface area contributed by atoms with Gasteiger partial charge in [0.2, 0.25) is 5.91 Å². The lowest BCUT2D eigenvalue weighted by Crippen LogP contribution is -2.48. The smallest absolute Gasteiger partial charge is 0.253 e. The number of hydrogen-bond acceptors (Lipinski definition) is 2. The summed E-state index contributed by atoms with van der Waals surface area (Å²) in [4.78, 5) is 27.0. The molecule has 1 N–H and O–H groups in total. The monoisotopic (exact) mass is 382 g/mol. The van der Waals surface area contributed by atoms with Gasteiger partial charge >= 0.3 is 0 Å². The molecule has 1 aromatic rings. The van der Waals surface area contributed by atoms with Crippen LogP contribution in [0.1, 0.15) is 55.3 Å². The van der Waals surface area contributed by atoms with Crippen LogP contribution in [-0.2, 0) is 4.79 Å². The molecule has 25 heavy (non-hydrogen) atoms. The van der Waals surface area contributed by atoms with Crippen molar-refractivity contribution in [3.63, 3.8) is 0 Å². The summed E-state index contributed by atoms with van der Waals surface area (Å²) in [6, 6.07) is 4.94. The zero-order valence-corrected chi connectivity index (χ0v) is 15.8. The largest absolute Gasteiger partial charge is 0.349 e. The first kappa shape index (κ1) is 18.5. The van der Waals surface area contributed by atoms with Gasteiger partial charge in [-0.1, -0.05) is 42.5 Å². The molecule has 1 heterocycles. The summed E-state index contributed by atoms with van der Waals surface area (Å²) in [6.07, 6.45) is 7.22. The molecule has 2 aliphatic rings. The number of piperidine rings is 1. The number of benzene rings is 1. The Labute approximate surface area is 158 Å². The fourth-order valence-electron chi connectivity index (χ4n) is 3.79. The van der Waals surface area contributed by atoms with Gasteiger partial charge in [-0.15, -0.1) is 0 Å². The first-order valence-electron chi connectivity index (χ1n) is 9.09. The van der Waals surface area contributed by atoms with Crippen LogP contribution >= 0.6 is 23.2 Å². The van der Waals surface area contributed by atoms with E-state index in [9.17, 15) is 9.59 Å². The van der Waals surface area contributed by atoms with E-state index in [0.29, 0.717) is 34.6 Å². The zero-order valence-electron chi connectivity index (χ0n) is 14.3. The highest BCUT2D eigenvalue weighted by Gasteiger charge is 2.29. The van der Waals surface area contributed by atoms with E-state index in [4.69, 9.17) is 23.2 Å². The normalized spacial score (nSPS) is 19.7. The Morgan fingerprint density at radius 2 is 1.68 bits per heavy atom. The molecule has 1 saturated heterocycles. The van der Waals surface area contributed by atoms with Gasteiger partial charge in [0.15, 0.2) is 0 Å². The first-order valence-corrected chi connectivity index (χ1v) is 9.85. The van der Waals surface area contributed by atoms with Gasteiger partial charge in [0.05, 0.1) is 10.6 Å². The topological polar surface area (TPSA) is 49.4 Å². The average Bonchev–Trinajstić information content (AvgIpc) is 2.64. The number of rotatable bonds is 3. The Kier molecular flexibility index (Phi) is 6.24. The molecule has 2 amide bonds. The van der Waals surface area contributed by atoms with Crippen LogP contribution in [0.4, 0.5) is 0 Å². The quantitative estimate of drug-likeness (QED) is 0.846. The third kappa shape index (κ3) is 4.68. The minimum Gasteiger partial charge on any atom is -0.349 e. The van der Waals surface area contributed by atoms with E-state index in [1.165, 1.54) is 19.3 Å². The van der Waals surface area contributed by atoms with E-state index >= 15 is 0 Å². The Morgan fingerprint density at radius 1 is 1.00 bits per heavy atom. The van der Waals surface area contributed by atoms with Crippen molar-refractivity contribution < 1.29 is 9.59 Å². The summed E-state index contributed by atoms with van der Waals surface area (Å²) in [7, 11) is 0. The maximum absolute atomic E-state index is 12.6. The predicted molar refractivity (Wildman–Crippen MR) is 100 cm³/mol. The zero-order chi connectivity index (χ0) is 17.8. The van der Waals surface area contributed by atoms with Gasteiger partial charge in [0.1, 0.15) is 0 Å². The third-order valence-corrected chi connectivity index (χ3v) is 5.83. The minimum atomic E-state index is -0.204. The molecule has 0 unspecified atom stereocenters. The van der Waals surface area contributed by atoms with Crippen molar-refractivity contribution in [3.8, 4) is 0 Å².